The van der Waals surface area contributed by atoms with Crippen LogP contribution in [0.4, 0.5) is 4.39 Å². The number of hydrogen-bond acceptors (Lipinski definition) is 5. The number of phenolic OH excluding ortho intramolecular Hbond substituents is 1. The molecular formula is C27H24FN3O4. The number of halogens is 1. The molecule has 0 radical (unpaired) electrons. The number of benzene rings is 3. The Morgan fingerprint density at radius 3 is 2.49 bits per heavy atom. The van der Waals surface area contributed by atoms with Gasteiger partial charge in [-0.25, -0.2) is 4.39 Å². The molecule has 0 spiro atoms. The summed E-state index contributed by atoms with van der Waals surface area (Å²) in [6, 6.07) is 18.1. The van der Waals surface area contributed by atoms with Crippen LogP contribution in [-0.2, 0) is 6.42 Å². The van der Waals surface area contributed by atoms with Crippen LogP contribution < -0.4 is 9.47 Å². The minimum Gasteiger partial charge on any atom is -0.507 e. The molecular weight excluding hydrogens is 449 g/mol. The molecule has 0 unspecified atom stereocenters. The fourth-order valence-corrected chi connectivity index (χ4v) is 4.58. The molecule has 0 saturated carbocycles. The summed E-state index contributed by atoms with van der Waals surface area (Å²) in [4.78, 5) is 15.2. The lowest BCUT2D eigenvalue weighted by Crippen LogP contribution is -2.31. The van der Waals surface area contributed by atoms with E-state index in [1.807, 2.05) is 18.2 Å². The van der Waals surface area contributed by atoms with E-state index in [0.717, 1.165) is 11.1 Å². The van der Waals surface area contributed by atoms with Crippen LogP contribution in [0.5, 0.6) is 17.2 Å². The summed E-state index contributed by atoms with van der Waals surface area (Å²) in [5.74, 6) is 0.748. The average molecular weight is 474 g/mol. The van der Waals surface area contributed by atoms with Crippen LogP contribution in [0, 0.1) is 5.82 Å². The lowest BCUT2D eigenvalue weighted by molar-refractivity contribution is 0.0746. The van der Waals surface area contributed by atoms with Crippen molar-refractivity contribution in [2.75, 3.05) is 20.8 Å². The van der Waals surface area contributed by atoms with E-state index < -0.39 is 6.04 Å². The molecule has 0 saturated heterocycles. The van der Waals surface area contributed by atoms with Gasteiger partial charge in [-0.15, -0.1) is 0 Å². The quantitative estimate of drug-likeness (QED) is 0.405. The number of aromatic amines is 1. The zero-order valence-electron chi connectivity index (χ0n) is 19.3. The van der Waals surface area contributed by atoms with Crippen LogP contribution in [-0.4, -0.2) is 46.9 Å². The molecule has 0 aliphatic carbocycles. The Hall–Kier alpha value is -4.33. The van der Waals surface area contributed by atoms with Crippen molar-refractivity contribution < 1.29 is 23.8 Å². The van der Waals surface area contributed by atoms with Crippen LogP contribution in [0.1, 0.15) is 33.2 Å². The van der Waals surface area contributed by atoms with Crippen molar-refractivity contribution in [1.29, 1.82) is 0 Å². The summed E-state index contributed by atoms with van der Waals surface area (Å²) < 4.78 is 24.5. The van der Waals surface area contributed by atoms with Crippen molar-refractivity contribution in [1.82, 2.24) is 15.1 Å². The number of ether oxygens (including phenoxy) is 2. The molecule has 4 aromatic rings. The predicted octanol–water partition coefficient (Wildman–Crippen LogP) is 4.73. The van der Waals surface area contributed by atoms with Crippen LogP contribution in [0.2, 0.25) is 0 Å². The molecule has 3 aromatic carbocycles. The number of aromatic nitrogens is 2. The third-order valence-electron chi connectivity index (χ3n) is 6.30. The molecule has 1 aliphatic heterocycles. The first kappa shape index (κ1) is 22.5. The number of carbonyl (C=O) groups excluding carboxylic acids is 1. The molecule has 35 heavy (non-hydrogen) atoms. The summed E-state index contributed by atoms with van der Waals surface area (Å²) in [5, 5.41) is 17.7. The Morgan fingerprint density at radius 1 is 1.03 bits per heavy atom. The second kappa shape index (κ2) is 9.13. The van der Waals surface area contributed by atoms with E-state index in [2.05, 4.69) is 10.2 Å². The number of fused-ring (bicyclic) bond motifs is 1. The van der Waals surface area contributed by atoms with Gasteiger partial charge in [0.05, 0.1) is 20.3 Å². The molecule has 1 amide bonds. The number of amides is 1. The Morgan fingerprint density at radius 2 is 1.77 bits per heavy atom. The van der Waals surface area contributed by atoms with Gasteiger partial charge in [0, 0.05) is 17.7 Å². The van der Waals surface area contributed by atoms with E-state index in [1.165, 1.54) is 12.1 Å². The molecule has 5 rings (SSSR count). The highest BCUT2D eigenvalue weighted by molar-refractivity contribution is 6.00. The van der Waals surface area contributed by atoms with E-state index in [9.17, 15) is 14.3 Å². The molecule has 2 heterocycles. The van der Waals surface area contributed by atoms with Gasteiger partial charge in [0.25, 0.3) is 5.91 Å². The smallest absolute Gasteiger partial charge is 0.273 e. The van der Waals surface area contributed by atoms with E-state index in [0.29, 0.717) is 47.0 Å². The Kier molecular flexibility index (Phi) is 5.86. The lowest BCUT2D eigenvalue weighted by atomic mass is 9.95. The Balaban J connectivity index is 1.54. The number of nitrogens with one attached hydrogen (secondary N) is 1. The zero-order chi connectivity index (χ0) is 24.5. The molecule has 7 nitrogen and oxygen atoms in total. The summed E-state index contributed by atoms with van der Waals surface area (Å²) >= 11 is 0. The highest BCUT2D eigenvalue weighted by Crippen LogP contribution is 2.44. The maximum absolute atomic E-state index is 13.7. The first-order chi connectivity index (χ1) is 17.0. The lowest BCUT2D eigenvalue weighted by Gasteiger charge is -2.26. The molecule has 8 heteroatoms. The second-order valence-corrected chi connectivity index (χ2v) is 8.27. The Labute approximate surface area is 201 Å². The summed E-state index contributed by atoms with van der Waals surface area (Å²) in [5.41, 5.74) is 3.77. The summed E-state index contributed by atoms with van der Waals surface area (Å²) in [7, 11) is 3.16. The van der Waals surface area contributed by atoms with E-state index >= 15 is 0 Å². The maximum atomic E-state index is 13.7. The number of para-hydroxylation sites is 1. The van der Waals surface area contributed by atoms with E-state index in [1.54, 1.807) is 55.5 Å². The predicted molar refractivity (Wildman–Crippen MR) is 128 cm³/mol. The molecule has 1 aliphatic rings. The molecule has 1 aromatic heterocycles. The highest BCUT2D eigenvalue weighted by Gasteiger charge is 2.42. The van der Waals surface area contributed by atoms with E-state index in [4.69, 9.17) is 9.47 Å². The number of rotatable bonds is 7. The molecule has 0 bridgehead atoms. The van der Waals surface area contributed by atoms with Gasteiger partial charge < -0.3 is 19.5 Å². The first-order valence-electron chi connectivity index (χ1n) is 11.2. The highest BCUT2D eigenvalue weighted by atomic mass is 19.1. The van der Waals surface area contributed by atoms with Gasteiger partial charge in [0.2, 0.25) is 0 Å². The van der Waals surface area contributed by atoms with Gasteiger partial charge in [-0.05, 0) is 53.9 Å². The Bertz CT molecular complexity index is 1380. The van der Waals surface area contributed by atoms with Crippen molar-refractivity contribution >= 4 is 5.91 Å². The number of aromatic hydroxyl groups is 1. The van der Waals surface area contributed by atoms with Crippen molar-refractivity contribution in [3.63, 3.8) is 0 Å². The molecule has 178 valence electrons. The van der Waals surface area contributed by atoms with E-state index in [-0.39, 0.29) is 17.5 Å². The van der Waals surface area contributed by atoms with Gasteiger partial charge in [-0.1, -0.05) is 30.3 Å². The molecule has 2 N–H and O–H groups in total. The number of methoxy groups -OCH3 is 2. The van der Waals surface area contributed by atoms with Crippen LogP contribution in [0.25, 0.3) is 11.3 Å². The largest absolute Gasteiger partial charge is 0.507 e. The van der Waals surface area contributed by atoms with Gasteiger partial charge in [0.1, 0.15) is 23.0 Å². The summed E-state index contributed by atoms with van der Waals surface area (Å²) in [6.07, 6.45) is 0.563. The maximum Gasteiger partial charge on any atom is 0.273 e. The fourth-order valence-electron chi connectivity index (χ4n) is 4.58. The number of H-pyrrole nitrogens is 1. The van der Waals surface area contributed by atoms with Crippen molar-refractivity contribution in [3.8, 4) is 28.5 Å². The van der Waals surface area contributed by atoms with Crippen molar-refractivity contribution in [3.05, 3.63) is 94.9 Å². The molecule has 1 atom stereocenters. The standard InChI is InChI=1S/C27H24FN3O4/c1-34-21-12-7-16(15-22(21)35-2)13-14-31-26(17-8-10-18(28)11-9-17)23-24(29-30-25(23)27(31)33)19-5-3-4-6-20(19)32/h3-12,15,26,32H,13-14H2,1-2H3,(H,29,30)/t26-/m1/s1. The normalized spacial score (nSPS) is 14.8. The summed E-state index contributed by atoms with van der Waals surface area (Å²) in [6.45, 7) is 0.402. The number of hydrogen-bond donors (Lipinski definition) is 2. The van der Waals surface area contributed by atoms with Crippen molar-refractivity contribution in [2.24, 2.45) is 0 Å². The molecule has 0 fully saturated rings. The third kappa shape index (κ3) is 3.97. The topological polar surface area (TPSA) is 87.7 Å². The van der Waals surface area contributed by atoms with Gasteiger partial charge in [0.15, 0.2) is 11.5 Å². The average Bonchev–Trinajstić information content (AvgIpc) is 3.42. The minimum atomic E-state index is -0.494. The first-order valence-corrected chi connectivity index (χ1v) is 11.2. The number of nitrogens with zero attached hydrogens (tertiary/aromatic N) is 2. The van der Waals surface area contributed by atoms with Crippen LogP contribution in [0.3, 0.4) is 0 Å². The second-order valence-electron chi connectivity index (χ2n) is 8.27. The SMILES string of the molecule is COc1ccc(CCN2C(=O)c3[nH]nc(-c4ccccc4O)c3[C@H]2c2ccc(F)cc2)cc1OC. The van der Waals surface area contributed by atoms with Crippen LogP contribution >= 0.6 is 0 Å². The third-order valence-corrected chi connectivity index (χ3v) is 6.30. The van der Waals surface area contributed by atoms with Gasteiger partial charge in [-0.3, -0.25) is 9.89 Å². The fraction of sp³-hybridized carbons (Fsp3) is 0.185. The number of phenols is 1. The minimum absolute atomic E-state index is 0.0656. The number of carbonyl (C=O) groups is 1. The van der Waals surface area contributed by atoms with Gasteiger partial charge in [-0.2, -0.15) is 5.10 Å². The van der Waals surface area contributed by atoms with Gasteiger partial charge >= 0.3 is 0 Å². The van der Waals surface area contributed by atoms with Crippen molar-refractivity contribution in [2.45, 2.75) is 12.5 Å². The van der Waals surface area contributed by atoms with Crippen LogP contribution in [0.15, 0.2) is 66.7 Å². The monoisotopic (exact) mass is 473 g/mol. The zero-order valence-corrected chi connectivity index (χ0v) is 19.3.